The van der Waals surface area contributed by atoms with Crippen molar-refractivity contribution in [3.05, 3.63) is 77.3 Å². The monoisotopic (exact) mass is 370 g/mol. The molecule has 1 saturated heterocycles. The Kier molecular flexibility index (Phi) is 6.02. The first kappa shape index (κ1) is 19.0. The molecule has 0 bridgehead atoms. The SMILES string of the molecule is C=CCN1CCN(C(c2ccc(Cl)cc2)c2cccc(O)c2)[C@H](C)[C@@H]1C. The van der Waals surface area contributed by atoms with Gasteiger partial charge in [0.15, 0.2) is 0 Å². The van der Waals surface area contributed by atoms with E-state index in [2.05, 4.69) is 48.4 Å². The largest absolute Gasteiger partial charge is 0.508 e. The average Bonchev–Trinajstić information content (AvgIpc) is 2.63. The lowest BCUT2D eigenvalue weighted by Crippen LogP contribution is -2.58. The molecule has 2 aromatic carbocycles. The summed E-state index contributed by atoms with van der Waals surface area (Å²) in [6.45, 7) is 11.3. The second kappa shape index (κ2) is 8.26. The van der Waals surface area contributed by atoms with Crippen molar-refractivity contribution in [1.29, 1.82) is 0 Å². The number of halogens is 1. The molecule has 0 radical (unpaired) electrons. The lowest BCUT2D eigenvalue weighted by atomic mass is 9.92. The van der Waals surface area contributed by atoms with Crippen LogP contribution < -0.4 is 0 Å². The number of hydrogen-bond donors (Lipinski definition) is 1. The van der Waals surface area contributed by atoms with Gasteiger partial charge in [-0.1, -0.05) is 41.9 Å². The van der Waals surface area contributed by atoms with Crippen LogP contribution in [0.3, 0.4) is 0 Å². The van der Waals surface area contributed by atoms with E-state index in [9.17, 15) is 5.11 Å². The van der Waals surface area contributed by atoms with E-state index in [1.807, 2.05) is 30.3 Å². The quantitative estimate of drug-likeness (QED) is 0.772. The van der Waals surface area contributed by atoms with Crippen LogP contribution in [-0.4, -0.2) is 46.6 Å². The highest BCUT2D eigenvalue weighted by Crippen LogP contribution is 2.35. The van der Waals surface area contributed by atoms with E-state index in [1.54, 1.807) is 6.07 Å². The van der Waals surface area contributed by atoms with Gasteiger partial charge in [-0.25, -0.2) is 0 Å². The van der Waals surface area contributed by atoms with Crippen molar-refractivity contribution in [2.24, 2.45) is 0 Å². The smallest absolute Gasteiger partial charge is 0.115 e. The van der Waals surface area contributed by atoms with Gasteiger partial charge < -0.3 is 5.11 Å². The highest BCUT2D eigenvalue weighted by molar-refractivity contribution is 6.30. The standard InChI is InChI=1S/C22H27ClN2O/c1-4-12-24-13-14-25(17(3)16(24)2)22(18-8-10-20(23)11-9-18)19-6-5-7-21(26)15-19/h4-11,15-17,22,26H,1,12-14H2,2-3H3/t16-,17+,22?/m0/s1. The zero-order valence-corrected chi connectivity index (χ0v) is 16.2. The molecular weight excluding hydrogens is 344 g/mol. The Labute approximate surface area is 161 Å². The van der Waals surface area contributed by atoms with E-state index in [0.717, 1.165) is 30.2 Å². The molecule has 0 amide bonds. The first-order chi connectivity index (χ1) is 12.5. The number of nitrogens with zero attached hydrogens (tertiary/aromatic N) is 2. The summed E-state index contributed by atoms with van der Waals surface area (Å²) in [4.78, 5) is 5.00. The van der Waals surface area contributed by atoms with E-state index in [0.29, 0.717) is 17.8 Å². The predicted molar refractivity (Wildman–Crippen MR) is 109 cm³/mol. The Balaban J connectivity index is 1.98. The number of hydrogen-bond acceptors (Lipinski definition) is 3. The van der Waals surface area contributed by atoms with Gasteiger partial charge in [0.2, 0.25) is 0 Å². The lowest BCUT2D eigenvalue weighted by Gasteiger charge is -2.48. The maximum Gasteiger partial charge on any atom is 0.115 e. The first-order valence-electron chi connectivity index (χ1n) is 9.16. The van der Waals surface area contributed by atoms with Crippen LogP contribution in [0.4, 0.5) is 0 Å². The number of aromatic hydroxyl groups is 1. The molecule has 3 rings (SSSR count). The number of phenols is 1. The summed E-state index contributed by atoms with van der Waals surface area (Å²) in [5, 5.41) is 10.8. The maximum atomic E-state index is 10.0. The van der Waals surface area contributed by atoms with E-state index >= 15 is 0 Å². The third-order valence-electron chi connectivity index (χ3n) is 5.51. The molecular formula is C22H27ClN2O. The summed E-state index contributed by atoms with van der Waals surface area (Å²) in [6.07, 6.45) is 1.98. The van der Waals surface area contributed by atoms with Gasteiger partial charge in [-0.2, -0.15) is 0 Å². The summed E-state index contributed by atoms with van der Waals surface area (Å²) < 4.78 is 0. The summed E-state index contributed by atoms with van der Waals surface area (Å²) in [7, 11) is 0. The van der Waals surface area contributed by atoms with Crippen LogP contribution in [0.5, 0.6) is 5.75 Å². The third-order valence-corrected chi connectivity index (χ3v) is 5.76. The molecule has 0 spiro atoms. The van der Waals surface area contributed by atoms with E-state index < -0.39 is 0 Å². The van der Waals surface area contributed by atoms with Crippen LogP contribution in [0.1, 0.15) is 31.0 Å². The van der Waals surface area contributed by atoms with Crippen molar-refractivity contribution < 1.29 is 5.11 Å². The first-order valence-corrected chi connectivity index (χ1v) is 9.54. The van der Waals surface area contributed by atoms with Gasteiger partial charge in [-0.3, -0.25) is 9.80 Å². The van der Waals surface area contributed by atoms with Crippen molar-refractivity contribution in [1.82, 2.24) is 9.80 Å². The molecule has 0 aromatic heterocycles. The Morgan fingerprint density at radius 2 is 1.85 bits per heavy atom. The zero-order chi connectivity index (χ0) is 18.7. The molecule has 0 aliphatic carbocycles. The fourth-order valence-corrected chi connectivity index (χ4v) is 4.06. The lowest BCUT2D eigenvalue weighted by molar-refractivity contribution is 0.0239. The maximum absolute atomic E-state index is 10.0. The van der Waals surface area contributed by atoms with Crippen LogP contribution in [-0.2, 0) is 0 Å². The van der Waals surface area contributed by atoms with E-state index in [4.69, 9.17) is 11.6 Å². The number of rotatable bonds is 5. The van der Waals surface area contributed by atoms with Gasteiger partial charge in [0.05, 0.1) is 6.04 Å². The van der Waals surface area contributed by atoms with Gasteiger partial charge in [-0.05, 0) is 49.2 Å². The summed E-state index contributed by atoms with van der Waals surface area (Å²) in [5.74, 6) is 0.299. The van der Waals surface area contributed by atoms with Crippen molar-refractivity contribution in [3.8, 4) is 5.75 Å². The van der Waals surface area contributed by atoms with Crippen LogP contribution in [0, 0.1) is 0 Å². The number of piperazine rings is 1. The topological polar surface area (TPSA) is 26.7 Å². The fourth-order valence-electron chi connectivity index (χ4n) is 3.94. The predicted octanol–water partition coefficient (Wildman–Crippen LogP) is 4.72. The van der Waals surface area contributed by atoms with Gasteiger partial charge in [-0.15, -0.1) is 6.58 Å². The summed E-state index contributed by atoms with van der Waals surface area (Å²) >= 11 is 6.11. The van der Waals surface area contributed by atoms with Crippen molar-refractivity contribution >= 4 is 11.6 Å². The molecule has 2 aromatic rings. The molecule has 26 heavy (non-hydrogen) atoms. The average molecular weight is 371 g/mol. The molecule has 1 N–H and O–H groups in total. The van der Waals surface area contributed by atoms with Gasteiger partial charge in [0, 0.05) is 36.7 Å². The molecule has 1 heterocycles. The Bertz CT molecular complexity index is 746. The van der Waals surface area contributed by atoms with Gasteiger partial charge in [0.25, 0.3) is 0 Å². The summed E-state index contributed by atoms with van der Waals surface area (Å²) in [6, 6.07) is 16.5. The Morgan fingerprint density at radius 1 is 1.12 bits per heavy atom. The third kappa shape index (κ3) is 3.96. The van der Waals surface area contributed by atoms with Gasteiger partial charge >= 0.3 is 0 Å². The van der Waals surface area contributed by atoms with Crippen molar-refractivity contribution in [2.75, 3.05) is 19.6 Å². The normalized spacial score (nSPS) is 22.9. The molecule has 1 aliphatic rings. The second-order valence-electron chi connectivity index (χ2n) is 7.05. The van der Waals surface area contributed by atoms with Crippen LogP contribution in [0.15, 0.2) is 61.2 Å². The van der Waals surface area contributed by atoms with Crippen molar-refractivity contribution in [3.63, 3.8) is 0 Å². The number of benzene rings is 2. The molecule has 4 heteroatoms. The van der Waals surface area contributed by atoms with Crippen LogP contribution in [0.25, 0.3) is 0 Å². The molecule has 3 nitrogen and oxygen atoms in total. The minimum atomic E-state index is 0.0858. The van der Waals surface area contributed by atoms with Gasteiger partial charge in [0.1, 0.15) is 5.75 Å². The summed E-state index contributed by atoms with van der Waals surface area (Å²) in [5.41, 5.74) is 2.29. The Hall–Kier alpha value is -1.81. The van der Waals surface area contributed by atoms with E-state index in [-0.39, 0.29) is 6.04 Å². The molecule has 3 atom stereocenters. The fraction of sp³-hybridized carbons (Fsp3) is 0.364. The van der Waals surface area contributed by atoms with Crippen LogP contribution >= 0.6 is 11.6 Å². The van der Waals surface area contributed by atoms with E-state index in [1.165, 1.54) is 5.56 Å². The minimum Gasteiger partial charge on any atom is -0.508 e. The zero-order valence-electron chi connectivity index (χ0n) is 15.5. The number of phenolic OH excluding ortho intramolecular Hbond substituents is 1. The molecule has 1 unspecified atom stereocenters. The highest BCUT2D eigenvalue weighted by atomic mass is 35.5. The van der Waals surface area contributed by atoms with Crippen LogP contribution in [0.2, 0.25) is 5.02 Å². The molecule has 0 saturated carbocycles. The molecule has 138 valence electrons. The molecule has 1 aliphatic heterocycles. The second-order valence-corrected chi connectivity index (χ2v) is 7.49. The molecule has 1 fully saturated rings. The highest BCUT2D eigenvalue weighted by Gasteiger charge is 2.35. The van der Waals surface area contributed by atoms with Crippen molar-refractivity contribution in [2.45, 2.75) is 32.0 Å². The Morgan fingerprint density at radius 3 is 2.50 bits per heavy atom. The minimum absolute atomic E-state index is 0.0858.